The summed E-state index contributed by atoms with van der Waals surface area (Å²) >= 11 is 6.84. The highest BCUT2D eigenvalue weighted by atomic mass is 79.9. The molecule has 0 amide bonds. The molecule has 0 saturated heterocycles. The molecule has 0 radical (unpaired) electrons. The molecule has 21 heavy (non-hydrogen) atoms. The van der Waals surface area contributed by atoms with E-state index in [9.17, 15) is 4.79 Å². The Morgan fingerprint density at radius 2 is 1.90 bits per heavy atom. The first-order valence-electron chi connectivity index (χ1n) is 5.75. The SMILES string of the molecule is COC(=O)c1cnc(Nc2cc(OC)c(Br)cc2Br)cn1. The molecule has 0 fully saturated rings. The number of nitrogens with zero attached hydrogens (tertiary/aromatic N) is 2. The first kappa shape index (κ1) is 15.7. The van der Waals surface area contributed by atoms with E-state index in [2.05, 4.69) is 51.9 Å². The lowest BCUT2D eigenvalue weighted by Crippen LogP contribution is -2.05. The average molecular weight is 417 g/mol. The first-order valence-corrected chi connectivity index (χ1v) is 7.34. The van der Waals surface area contributed by atoms with E-state index in [1.165, 1.54) is 19.5 Å². The number of carbonyl (C=O) groups excluding carboxylic acids is 1. The van der Waals surface area contributed by atoms with Crippen molar-refractivity contribution in [3.63, 3.8) is 0 Å². The zero-order valence-corrected chi connectivity index (χ0v) is 14.4. The summed E-state index contributed by atoms with van der Waals surface area (Å²) in [5, 5.41) is 3.08. The van der Waals surface area contributed by atoms with E-state index >= 15 is 0 Å². The third kappa shape index (κ3) is 3.70. The molecule has 2 aromatic rings. The van der Waals surface area contributed by atoms with Gasteiger partial charge in [0.2, 0.25) is 0 Å². The zero-order valence-electron chi connectivity index (χ0n) is 11.2. The van der Waals surface area contributed by atoms with Crippen molar-refractivity contribution in [3.05, 3.63) is 39.2 Å². The van der Waals surface area contributed by atoms with Crippen LogP contribution in [-0.4, -0.2) is 30.2 Å². The van der Waals surface area contributed by atoms with Gasteiger partial charge in [0.15, 0.2) is 5.69 Å². The molecule has 6 nitrogen and oxygen atoms in total. The highest BCUT2D eigenvalue weighted by molar-refractivity contribution is 9.11. The molecule has 0 saturated carbocycles. The second kappa shape index (κ2) is 6.86. The molecule has 8 heteroatoms. The number of hydrogen-bond donors (Lipinski definition) is 1. The minimum absolute atomic E-state index is 0.149. The molecule has 110 valence electrons. The van der Waals surface area contributed by atoms with Crippen LogP contribution < -0.4 is 10.1 Å². The lowest BCUT2D eigenvalue weighted by Gasteiger charge is -2.11. The highest BCUT2D eigenvalue weighted by Gasteiger charge is 2.10. The molecule has 0 unspecified atom stereocenters. The van der Waals surface area contributed by atoms with Gasteiger partial charge in [-0.1, -0.05) is 0 Å². The van der Waals surface area contributed by atoms with Gasteiger partial charge in [0.05, 0.1) is 36.8 Å². The maximum atomic E-state index is 11.3. The molecule has 0 bridgehead atoms. The number of benzene rings is 1. The predicted molar refractivity (Wildman–Crippen MR) is 85.0 cm³/mol. The van der Waals surface area contributed by atoms with Crippen LogP contribution in [-0.2, 0) is 4.74 Å². The second-order valence-electron chi connectivity index (χ2n) is 3.87. The van der Waals surface area contributed by atoms with Gasteiger partial charge in [-0.15, -0.1) is 0 Å². The third-order valence-electron chi connectivity index (χ3n) is 2.55. The van der Waals surface area contributed by atoms with Crippen molar-refractivity contribution >= 4 is 49.3 Å². The van der Waals surface area contributed by atoms with Crippen molar-refractivity contribution < 1.29 is 14.3 Å². The van der Waals surface area contributed by atoms with Crippen molar-refractivity contribution in [2.75, 3.05) is 19.5 Å². The fourth-order valence-corrected chi connectivity index (χ4v) is 2.78. The zero-order chi connectivity index (χ0) is 15.4. The van der Waals surface area contributed by atoms with Crippen molar-refractivity contribution in [2.45, 2.75) is 0 Å². The van der Waals surface area contributed by atoms with Gasteiger partial charge in [0, 0.05) is 10.5 Å². The van der Waals surface area contributed by atoms with Crippen LogP contribution in [0.4, 0.5) is 11.5 Å². The fourth-order valence-electron chi connectivity index (χ4n) is 1.52. The van der Waals surface area contributed by atoms with E-state index in [4.69, 9.17) is 4.74 Å². The summed E-state index contributed by atoms with van der Waals surface area (Å²) in [6.45, 7) is 0. The summed E-state index contributed by atoms with van der Waals surface area (Å²) in [6.07, 6.45) is 2.80. The normalized spacial score (nSPS) is 10.1. The Labute approximate surface area is 138 Å². The summed E-state index contributed by atoms with van der Waals surface area (Å²) in [6, 6.07) is 3.67. The Morgan fingerprint density at radius 3 is 2.48 bits per heavy atom. The van der Waals surface area contributed by atoms with E-state index < -0.39 is 5.97 Å². The largest absolute Gasteiger partial charge is 0.495 e. The second-order valence-corrected chi connectivity index (χ2v) is 5.58. The minimum atomic E-state index is -0.527. The number of ether oxygens (including phenoxy) is 2. The highest BCUT2D eigenvalue weighted by Crippen LogP contribution is 2.35. The Balaban J connectivity index is 2.24. The Bertz CT molecular complexity index is 662. The number of esters is 1. The van der Waals surface area contributed by atoms with Crippen molar-refractivity contribution in [1.82, 2.24) is 9.97 Å². The van der Waals surface area contributed by atoms with E-state index in [0.717, 1.165) is 14.6 Å². The van der Waals surface area contributed by atoms with E-state index in [0.29, 0.717) is 11.6 Å². The van der Waals surface area contributed by atoms with Crippen molar-refractivity contribution in [2.24, 2.45) is 0 Å². The maximum absolute atomic E-state index is 11.3. The van der Waals surface area contributed by atoms with E-state index in [1.54, 1.807) is 7.11 Å². The van der Waals surface area contributed by atoms with Gasteiger partial charge in [-0.2, -0.15) is 0 Å². The molecular formula is C13H11Br2N3O3. The summed E-state index contributed by atoms with van der Waals surface area (Å²) in [5.41, 5.74) is 0.908. The Morgan fingerprint density at radius 1 is 1.14 bits per heavy atom. The van der Waals surface area contributed by atoms with Crippen LogP contribution in [0.25, 0.3) is 0 Å². The van der Waals surface area contributed by atoms with Gasteiger partial charge in [-0.05, 0) is 37.9 Å². The molecule has 1 heterocycles. The van der Waals surface area contributed by atoms with Crippen LogP contribution >= 0.6 is 31.9 Å². The van der Waals surface area contributed by atoms with Crippen LogP contribution in [0.5, 0.6) is 5.75 Å². The number of methoxy groups -OCH3 is 2. The van der Waals surface area contributed by atoms with Gasteiger partial charge >= 0.3 is 5.97 Å². The summed E-state index contributed by atoms with van der Waals surface area (Å²) < 4.78 is 11.5. The van der Waals surface area contributed by atoms with E-state index in [-0.39, 0.29) is 5.69 Å². The third-order valence-corrected chi connectivity index (χ3v) is 3.83. The number of aromatic nitrogens is 2. The number of halogens is 2. The van der Waals surface area contributed by atoms with Gasteiger partial charge in [-0.3, -0.25) is 0 Å². The first-order chi connectivity index (χ1) is 10.0. The molecule has 0 atom stereocenters. The topological polar surface area (TPSA) is 73.3 Å². The Hall–Kier alpha value is -1.67. The van der Waals surface area contributed by atoms with Crippen molar-refractivity contribution in [1.29, 1.82) is 0 Å². The number of nitrogens with one attached hydrogen (secondary N) is 1. The molecule has 0 aliphatic rings. The smallest absolute Gasteiger partial charge is 0.358 e. The van der Waals surface area contributed by atoms with Crippen LogP contribution in [0.1, 0.15) is 10.5 Å². The quantitative estimate of drug-likeness (QED) is 0.768. The summed E-state index contributed by atoms with van der Waals surface area (Å²) in [4.78, 5) is 19.4. The molecule has 0 aliphatic carbocycles. The molecule has 1 N–H and O–H groups in total. The Kier molecular flexibility index (Phi) is 5.13. The number of rotatable bonds is 4. The van der Waals surface area contributed by atoms with Gasteiger partial charge in [-0.25, -0.2) is 14.8 Å². The summed E-state index contributed by atoms with van der Waals surface area (Å²) in [5.74, 6) is 0.646. The van der Waals surface area contributed by atoms with Gasteiger partial charge < -0.3 is 14.8 Å². The van der Waals surface area contributed by atoms with Gasteiger partial charge in [0.1, 0.15) is 11.6 Å². The molecule has 1 aromatic carbocycles. The van der Waals surface area contributed by atoms with Crippen LogP contribution in [0.3, 0.4) is 0 Å². The number of anilines is 2. The van der Waals surface area contributed by atoms with Crippen LogP contribution in [0.2, 0.25) is 0 Å². The predicted octanol–water partition coefficient (Wildman–Crippen LogP) is 3.54. The molecule has 0 spiro atoms. The van der Waals surface area contributed by atoms with E-state index in [1.807, 2.05) is 12.1 Å². The molecule has 0 aliphatic heterocycles. The van der Waals surface area contributed by atoms with Crippen LogP contribution in [0, 0.1) is 0 Å². The lowest BCUT2D eigenvalue weighted by molar-refractivity contribution is 0.0593. The minimum Gasteiger partial charge on any atom is -0.495 e. The number of carbonyl (C=O) groups is 1. The standard InChI is InChI=1S/C13H11Br2N3O3/c1-20-11-4-9(7(14)3-8(11)15)18-12-6-16-10(5-17-12)13(19)21-2/h3-6H,1-2H3,(H,17,18). The van der Waals surface area contributed by atoms with Crippen molar-refractivity contribution in [3.8, 4) is 5.75 Å². The maximum Gasteiger partial charge on any atom is 0.358 e. The average Bonchev–Trinajstić information content (AvgIpc) is 2.50. The molecule has 1 aromatic heterocycles. The molecular weight excluding hydrogens is 406 g/mol. The lowest BCUT2D eigenvalue weighted by atomic mass is 10.3. The van der Waals surface area contributed by atoms with Crippen LogP contribution in [0.15, 0.2) is 33.5 Å². The number of hydrogen-bond acceptors (Lipinski definition) is 6. The fraction of sp³-hybridized carbons (Fsp3) is 0.154. The molecule has 2 rings (SSSR count). The monoisotopic (exact) mass is 415 g/mol. The summed E-state index contributed by atoms with van der Waals surface area (Å²) in [7, 11) is 2.88. The van der Waals surface area contributed by atoms with Gasteiger partial charge in [0.25, 0.3) is 0 Å².